The van der Waals surface area contributed by atoms with Gasteiger partial charge in [-0.2, -0.15) is 0 Å². The van der Waals surface area contributed by atoms with Gasteiger partial charge in [0.15, 0.2) is 11.5 Å². The van der Waals surface area contributed by atoms with Gasteiger partial charge in [-0.25, -0.2) is 0 Å². The fourth-order valence-electron chi connectivity index (χ4n) is 2.35. The maximum Gasteiger partial charge on any atom is 0.161 e. The molecule has 0 amide bonds. The molecular weight excluding hydrogens is 377 g/mol. The predicted octanol–water partition coefficient (Wildman–Crippen LogP) is 4.54. The summed E-state index contributed by atoms with van der Waals surface area (Å²) in [6.07, 6.45) is 0. The molecule has 0 bridgehead atoms. The Morgan fingerprint density at radius 2 is 1.81 bits per heavy atom. The predicted molar refractivity (Wildman–Crippen MR) is 93.4 cm³/mol. The van der Waals surface area contributed by atoms with Crippen molar-refractivity contribution in [2.24, 2.45) is 0 Å². The van der Waals surface area contributed by atoms with E-state index in [1.165, 1.54) is 14.7 Å². The quantitative estimate of drug-likeness (QED) is 0.774. The summed E-state index contributed by atoms with van der Waals surface area (Å²) in [6, 6.07) is 12.8. The van der Waals surface area contributed by atoms with Gasteiger partial charge in [-0.3, -0.25) is 0 Å². The van der Waals surface area contributed by atoms with Gasteiger partial charge < -0.3 is 14.8 Å². The molecule has 1 unspecified atom stereocenters. The van der Waals surface area contributed by atoms with E-state index in [2.05, 4.69) is 72.1 Å². The molecule has 2 aromatic carbocycles. The van der Waals surface area contributed by atoms with Crippen molar-refractivity contribution in [3.8, 4) is 11.5 Å². The lowest BCUT2D eigenvalue weighted by Gasteiger charge is -2.21. The number of hydrogen-bond acceptors (Lipinski definition) is 3. The van der Waals surface area contributed by atoms with Crippen LogP contribution in [0.2, 0.25) is 0 Å². The van der Waals surface area contributed by atoms with E-state index in [0.717, 1.165) is 17.2 Å². The summed E-state index contributed by atoms with van der Waals surface area (Å²) in [7, 11) is 0. The van der Waals surface area contributed by atoms with Crippen LogP contribution in [0.15, 0.2) is 36.4 Å². The van der Waals surface area contributed by atoms with Gasteiger partial charge in [0.05, 0.1) is 0 Å². The van der Waals surface area contributed by atoms with Crippen LogP contribution in [0.25, 0.3) is 0 Å². The summed E-state index contributed by atoms with van der Waals surface area (Å²) in [4.78, 5) is 0. The Bertz CT molecular complexity index is 657. The van der Waals surface area contributed by atoms with E-state index >= 15 is 0 Å². The van der Waals surface area contributed by atoms with Gasteiger partial charge in [-0.05, 0) is 71.8 Å². The summed E-state index contributed by atoms with van der Waals surface area (Å²) in [5, 5.41) is 3.53. The minimum atomic E-state index is 0.208. The van der Waals surface area contributed by atoms with Gasteiger partial charge in [0, 0.05) is 15.3 Å². The van der Waals surface area contributed by atoms with Crippen molar-refractivity contribution in [1.82, 2.24) is 0 Å². The molecule has 0 fully saturated rings. The Labute approximate surface area is 138 Å². The SMILES string of the molecule is Cc1ccc(NC(C)c2ccc3c(c2)OCCO3)cc1I. The lowest BCUT2D eigenvalue weighted by atomic mass is 10.1. The zero-order valence-corrected chi connectivity index (χ0v) is 14.3. The van der Waals surface area contributed by atoms with E-state index < -0.39 is 0 Å². The second-order valence-electron chi connectivity index (χ2n) is 5.23. The molecule has 1 atom stereocenters. The zero-order chi connectivity index (χ0) is 14.8. The molecule has 0 saturated carbocycles. The van der Waals surface area contributed by atoms with E-state index in [0.29, 0.717) is 13.2 Å². The third kappa shape index (κ3) is 3.26. The Morgan fingerprint density at radius 1 is 1.05 bits per heavy atom. The van der Waals surface area contributed by atoms with Crippen LogP contribution < -0.4 is 14.8 Å². The van der Waals surface area contributed by atoms with Gasteiger partial charge >= 0.3 is 0 Å². The number of aryl methyl sites for hydroxylation is 1. The molecule has 3 rings (SSSR count). The van der Waals surface area contributed by atoms with Crippen LogP contribution in [0.3, 0.4) is 0 Å². The lowest BCUT2D eigenvalue weighted by molar-refractivity contribution is 0.171. The van der Waals surface area contributed by atoms with Gasteiger partial charge in [0.2, 0.25) is 0 Å². The van der Waals surface area contributed by atoms with Crippen LogP contribution in [0.5, 0.6) is 11.5 Å². The van der Waals surface area contributed by atoms with Gasteiger partial charge in [0.1, 0.15) is 13.2 Å². The molecule has 21 heavy (non-hydrogen) atoms. The van der Waals surface area contributed by atoms with Crippen molar-refractivity contribution >= 4 is 28.3 Å². The summed E-state index contributed by atoms with van der Waals surface area (Å²) in [5.74, 6) is 1.67. The summed E-state index contributed by atoms with van der Waals surface area (Å²) in [6.45, 7) is 5.52. The van der Waals surface area contributed by atoms with Crippen molar-refractivity contribution in [3.63, 3.8) is 0 Å². The molecule has 1 aliphatic rings. The molecule has 0 aromatic heterocycles. The Morgan fingerprint density at radius 3 is 2.57 bits per heavy atom. The lowest BCUT2D eigenvalue weighted by Crippen LogP contribution is -2.16. The molecule has 4 heteroatoms. The topological polar surface area (TPSA) is 30.5 Å². The molecule has 1 N–H and O–H groups in total. The third-order valence-electron chi connectivity index (χ3n) is 3.62. The molecule has 0 radical (unpaired) electrons. The molecule has 0 spiro atoms. The van der Waals surface area contributed by atoms with Crippen LogP contribution >= 0.6 is 22.6 Å². The molecule has 3 nitrogen and oxygen atoms in total. The fraction of sp³-hybridized carbons (Fsp3) is 0.294. The van der Waals surface area contributed by atoms with E-state index in [-0.39, 0.29) is 6.04 Å². The van der Waals surface area contributed by atoms with Crippen LogP contribution in [-0.2, 0) is 0 Å². The second kappa shape index (κ2) is 6.13. The molecule has 1 aliphatic heterocycles. The van der Waals surface area contributed by atoms with Crippen LogP contribution in [0.4, 0.5) is 5.69 Å². The molecule has 2 aromatic rings. The number of hydrogen-bond donors (Lipinski definition) is 1. The first kappa shape index (κ1) is 14.5. The van der Waals surface area contributed by atoms with E-state index in [9.17, 15) is 0 Å². The van der Waals surface area contributed by atoms with Crippen molar-refractivity contribution in [1.29, 1.82) is 0 Å². The standard InChI is InChI=1S/C17H18INO2/c1-11-3-5-14(10-15(11)18)19-12(2)13-4-6-16-17(9-13)21-8-7-20-16/h3-6,9-10,12,19H,7-8H2,1-2H3. The maximum atomic E-state index is 5.65. The van der Waals surface area contributed by atoms with Crippen molar-refractivity contribution in [2.45, 2.75) is 19.9 Å². The number of rotatable bonds is 3. The number of benzene rings is 2. The van der Waals surface area contributed by atoms with E-state index in [1.54, 1.807) is 0 Å². The largest absolute Gasteiger partial charge is 0.486 e. The monoisotopic (exact) mass is 395 g/mol. The number of fused-ring (bicyclic) bond motifs is 1. The molecular formula is C17H18INO2. The number of nitrogens with one attached hydrogen (secondary N) is 1. The Hall–Kier alpha value is -1.43. The first-order chi connectivity index (χ1) is 10.1. The average Bonchev–Trinajstić information content (AvgIpc) is 2.50. The highest BCUT2D eigenvalue weighted by Gasteiger charge is 2.14. The Kier molecular flexibility index (Phi) is 4.24. The normalized spacial score (nSPS) is 14.6. The minimum Gasteiger partial charge on any atom is -0.486 e. The maximum absolute atomic E-state index is 5.65. The first-order valence-corrected chi connectivity index (χ1v) is 8.13. The van der Waals surface area contributed by atoms with Gasteiger partial charge in [-0.1, -0.05) is 12.1 Å². The zero-order valence-electron chi connectivity index (χ0n) is 12.2. The van der Waals surface area contributed by atoms with E-state index in [4.69, 9.17) is 9.47 Å². The first-order valence-electron chi connectivity index (χ1n) is 7.06. The molecule has 0 saturated heterocycles. The highest BCUT2D eigenvalue weighted by atomic mass is 127. The van der Waals surface area contributed by atoms with Gasteiger partial charge in [0.25, 0.3) is 0 Å². The molecule has 0 aliphatic carbocycles. The average molecular weight is 395 g/mol. The summed E-state index contributed by atoms with van der Waals surface area (Å²) in [5.41, 5.74) is 3.62. The minimum absolute atomic E-state index is 0.208. The Balaban J connectivity index is 1.78. The summed E-state index contributed by atoms with van der Waals surface area (Å²) < 4.78 is 12.5. The summed E-state index contributed by atoms with van der Waals surface area (Å²) >= 11 is 2.36. The van der Waals surface area contributed by atoms with Crippen molar-refractivity contribution in [2.75, 3.05) is 18.5 Å². The number of anilines is 1. The smallest absolute Gasteiger partial charge is 0.161 e. The van der Waals surface area contributed by atoms with Crippen molar-refractivity contribution in [3.05, 3.63) is 51.1 Å². The van der Waals surface area contributed by atoms with Gasteiger partial charge in [-0.15, -0.1) is 0 Å². The van der Waals surface area contributed by atoms with Crippen LogP contribution in [0, 0.1) is 10.5 Å². The second-order valence-corrected chi connectivity index (χ2v) is 6.40. The van der Waals surface area contributed by atoms with Crippen molar-refractivity contribution < 1.29 is 9.47 Å². The molecule has 110 valence electrons. The number of ether oxygens (including phenoxy) is 2. The highest BCUT2D eigenvalue weighted by molar-refractivity contribution is 14.1. The molecule has 1 heterocycles. The van der Waals surface area contributed by atoms with Crippen LogP contribution in [0.1, 0.15) is 24.1 Å². The fourth-order valence-corrected chi connectivity index (χ4v) is 2.86. The number of halogens is 1. The third-order valence-corrected chi connectivity index (χ3v) is 4.78. The van der Waals surface area contributed by atoms with E-state index in [1.807, 2.05) is 6.07 Å². The van der Waals surface area contributed by atoms with Crippen LogP contribution in [-0.4, -0.2) is 13.2 Å². The highest BCUT2D eigenvalue weighted by Crippen LogP contribution is 2.33.